The maximum Gasteiger partial charge on any atom is 0.247 e. The number of aliphatic hydroxyl groups excluding tert-OH is 2. The predicted molar refractivity (Wildman–Crippen MR) is 55.2 cm³/mol. The van der Waals surface area contributed by atoms with E-state index >= 15 is 0 Å². The summed E-state index contributed by atoms with van der Waals surface area (Å²) in [6.45, 7) is 4.25. The normalized spacial score (nSPS) is 15.3. The van der Waals surface area contributed by atoms with E-state index in [1.165, 1.54) is 0 Å². The molecule has 0 fully saturated rings. The number of nitrogens with one attached hydrogen (secondary N) is 1. The van der Waals surface area contributed by atoms with Crippen molar-refractivity contribution < 1.29 is 19.7 Å². The van der Waals surface area contributed by atoms with E-state index in [0.29, 0.717) is 0 Å². The van der Waals surface area contributed by atoms with E-state index in [4.69, 9.17) is 15.6 Å². The van der Waals surface area contributed by atoms with Crippen molar-refractivity contribution in [3.8, 4) is 0 Å². The Morgan fingerprint density at radius 3 is 2.47 bits per heavy atom. The van der Waals surface area contributed by atoms with Gasteiger partial charge in [0.15, 0.2) is 0 Å². The molecule has 0 aliphatic rings. The summed E-state index contributed by atoms with van der Waals surface area (Å²) in [5.74, 6) is -0.782. The molecule has 0 bridgehead atoms. The van der Waals surface area contributed by atoms with Gasteiger partial charge in [-0.3, -0.25) is 4.79 Å². The van der Waals surface area contributed by atoms with Crippen molar-refractivity contribution in [2.24, 2.45) is 5.73 Å². The minimum Gasteiger partial charge on any atom is -0.389 e. The molecular formula is C9H20N2O4. The second kappa shape index (κ2) is 7.58. The summed E-state index contributed by atoms with van der Waals surface area (Å²) in [5, 5.41) is 21.1. The van der Waals surface area contributed by atoms with E-state index in [1.807, 2.05) is 13.8 Å². The Morgan fingerprint density at radius 2 is 2.00 bits per heavy atom. The van der Waals surface area contributed by atoms with Crippen molar-refractivity contribution in [3.63, 3.8) is 0 Å². The Kier molecular flexibility index (Phi) is 7.23. The molecule has 0 aliphatic heterocycles. The minimum absolute atomic E-state index is 0.0358. The fourth-order valence-electron chi connectivity index (χ4n) is 0.850. The Hall–Kier alpha value is -0.690. The molecule has 0 saturated carbocycles. The second-order valence-electron chi connectivity index (χ2n) is 3.61. The van der Waals surface area contributed by atoms with Gasteiger partial charge in [0.2, 0.25) is 5.91 Å². The molecule has 0 saturated heterocycles. The number of hydrogen-bond acceptors (Lipinski definition) is 5. The quantitative estimate of drug-likeness (QED) is 0.386. The number of aliphatic hydroxyl groups is 2. The van der Waals surface area contributed by atoms with Gasteiger partial charge in [-0.25, -0.2) is 0 Å². The number of carbonyl (C=O) groups is 1. The summed E-state index contributed by atoms with van der Waals surface area (Å²) in [5.41, 5.74) is 4.84. The maximum atomic E-state index is 10.4. The molecule has 0 rings (SSSR count). The monoisotopic (exact) mass is 220 g/mol. The Labute approximate surface area is 89.4 Å². The van der Waals surface area contributed by atoms with Crippen LogP contribution in [-0.4, -0.2) is 54.1 Å². The van der Waals surface area contributed by atoms with Gasteiger partial charge in [-0.2, -0.15) is 0 Å². The van der Waals surface area contributed by atoms with Crippen LogP contribution < -0.4 is 11.1 Å². The molecule has 0 heterocycles. The molecule has 0 aromatic carbocycles. The van der Waals surface area contributed by atoms with Crippen LogP contribution >= 0.6 is 0 Å². The van der Waals surface area contributed by atoms with Crippen molar-refractivity contribution in [1.82, 2.24) is 5.32 Å². The van der Waals surface area contributed by atoms with Crippen molar-refractivity contribution in [1.29, 1.82) is 0 Å². The smallest absolute Gasteiger partial charge is 0.247 e. The number of primary amides is 1. The Balaban J connectivity index is 3.46. The SMILES string of the molecule is CC(C)OCC(O)CNCC(O)C(N)=O. The zero-order chi connectivity index (χ0) is 11.8. The van der Waals surface area contributed by atoms with Gasteiger partial charge < -0.3 is 26.0 Å². The summed E-state index contributed by atoms with van der Waals surface area (Å²) < 4.78 is 5.16. The lowest BCUT2D eigenvalue weighted by molar-refractivity contribution is -0.125. The number of amides is 1. The average Bonchev–Trinajstić information content (AvgIpc) is 2.14. The summed E-state index contributed by atoms with van der Waals surface area (Å²) >= 11 is 0. The van der Waals surface area contributed by atoms with E-state index in [9.17, 15) is 9.90 Å². The molecule has 5 N–H and O–H groups in total. The number of rotatable bonds is 8. The van der Waals surface area contributed by atoms with Gasteiger partial charge in [-0.15, -0.1) is 0 Å². The van der Waals surface area contributed by atoms with E-state index in [0.717, 1.165) is 0 Å². The third kappa shape index (κ3) is 8.31. The van der Waals surface area contributed by atoms with Gasteiger partial charge >= 0.3 is 0 Å². The number of carbonyl (C=O) groups excluding carboxylic acids is 1. The lowest BCUT2D eigenvalue weighted by Crippen LogP contribution is -2.41. The van der Waals surface area contributed by atoms with Gasteiger partial charge in [-0.05, 0) is 13.8 Å². The molecule has 0 spiro atoms. The van der Waals surface area contributed by atoms with E-state index in [1.54, 1.807) is 0 Å². The van der Waals surface area contributed by atoms with Gasteiger partial charge in [-0.1, -0.05) is 0 Å². The van der Waals surface area contributed by atoms with Crippen LogP contribution in [0.15, 0.2) is 0 Å². The molecule has 6 heteroatoms. The van der Waals surface area contributed by atoms with Gasteiger partial charge in [0, 0.05) is 13.1 Å². The van der Waals surface area contributed by atoms with Crippen LogP contribution in [0.5, 0.6) is 0 Å². The van der Waals surface area contributed by atoms with Crippen LogP contribution in [0.4, 0.5) is 0 Å². The van der Waals surface area contributed by atoms with Crippen LogP contribution in [0, 0.1) is 0 Å². The first kappa shape index (κ1) is 14.3. The highest BCUT2D eigenvalue weighted by molar-refractivity contribution is 5.78. The number of nitrogens with two attached hydrogens (primary N) is 1. The summed E-state index contributed by atoms with van der Waals surface area (Å²) in [6.07, 6.45) is -1.81. The lowest BCUT2D eigenvalue weighted by Gasteiger charge is -2.15. The van der Waals surface area contributed by atoms with Crippen LogP contribution in [0.3, 0.4) is 0 Å². The van der Waals surface area contributed by atoms with Gasteiger partial charge in [0.1, 0.15) is 6.10 Å². The molecule has 90 valence electrons. The predicted octanol–water partition coefficient (Wildman–Crippen LogP) is -1.79. The van der Waals surface area contributed by atoms with Crippen LogP contribution in [0.1, 0.15) is 13.8 Å². The first-order valence-corrected chi connectivity index (χ1v) is 4.91. The third-order valence-electron chi connectivity index (χ3n) is 1.67. The average molecular weight is 220 g/mol. The fourth-order valence-corrected chi connectivity index (χ4v) is 0.850. The third-order valence-corrected chi connectivity index (χ3v) is 1.67. The zero-order valence-corrected chi connectivity index (χ0v) is 9.14. The van der Waals surface area contributed by atoms with E-state index in [2.05, 4.69) is 5.32 Å². The van der Waals surface area contributed by atoms with Crippen molar-refractivity contribution in [2.45, 2.75) is 32.2 Å². The standard InChI is InChI=1S/C9H20N2O4/c1-6(2)15-5-7(12)3-11-4-8(13)9(10)14/h6-8,11-13H,3-5H2,1-2H3,(H2,10,14). The van der Waals surface area contributed by atoms with Crippen LogP contribution in [-0.2, 0) is 9.53 Å². The zero-order valence-electron chi connectivity index (χ0n) is 9.14. The highest BCUT2D eigenvalue weighted by Gasteiger charge is 2.11. The highest BCUT2D eigenvalue weighted by Crippen LogP contribution is 1.90. The lowest BCUT2D eigenvalue weighted by atomic mass is 10.3. The number of ether oxygens (including phenoxy) is 1. The highest BCUT2D eigenvalue weighted by atomic mass is 16.5. The van der Waals surface area contributed by atoms with Crippen molar-refractivity contribution in [2.75, 3.05) is 19.7 Å². The summed E-state index contributed by atoms with van der Waals surface area (Å²) in [6, 6.07) is 0. The molecule has 2 unspecified atom stereocenters. The Morgan fingerprint density at radius 1 is 1.40 bits per heavy atom. The maximum absolute atomic E-state index is 10.4. The molecular weight excluding hydrogens is 200 g/mol. The largest absolute Gasteiger partial charge is 0.389 e. The molecule has 0 radical (unpaired) electrons. The first-order valence-electron chi connectivity index (χ1n) is 4.91. The van der Waals surface area contributed by atoms with E-state index in [-0.39, 0.29) is 25.8 Å². The van der Waals surface area contributed by atoms with Crippen LogP contribution in [0.2, 0.25) is 0 Å². The fraction of sp³-hybridized carbons (Fsp3) is 0.889. The van der Waals surface area contributed by atoms with Crippen LogP contribution in [0.25, 0.3) is 0 Å². The van der Waals surface area contributed by atoms with Gasteiger partial charge in [0.05, 0.1) is 18.8 Å². The molecule has 0 aliphatic carbocycles. The van der Waals surface area contributed by atoms with Crippen molar-refractivity contribution >= 4 is 5.91 Å². The summed E-state index contributed by atoms with van der Waals surface area (Å²) in [7, 11) is 0. The first-order chi connectivity index (χ1) is 6.93. The topological polar surface area (TPSA) is 105 Å². The Bertz CT molecular complexity index is 187. The molecule has 2 atom stereocenters. The molecule has 1 amide bonds. The van der Waals surface area contributed by atoms with E-state index < -0.39 is 18.1 Å². The molecule has 0 aromatic heterocycles. The molecule has 0 aromatic rings. The molecule has 15 heavy (non-hydrogen) atoms. The van der Waals surface area contributed by atoms with Crippen molar-refractivity contribution in [3.05, 3.63) is 0 Å². The number of hydrogen-bond donors (Lipinski definition) is 4. The minimum atomic E-state index is -1.22. The second-order valence-corrected chi connectivity index (χ2v) is 3.61. The van der Waals surface area contributed by atoms with Gasteiger partial charge in [0.25, 0.3) is 0 Å². The molecule has 6 nitrogen and oxygen atoms in total. The summed E-state index contributed by atoms with van der Waals surface area (Å²) in [4.78, 5) is 10.4.